The monoisotopic (exact) mass is 266 g/mol. The summed E-state index contributed by atoms with van der Waals surface area (Å²) in [6, 6.07) is 6.21. The smallest absolute Gasteiger partial charge is 0.227 e. The van der Waals surface area contributed by atoms with Crippen molar-refractivity contribution in [1.29, 1.82) is 0 Å². The number of hydrogen-bond donors (Lipinski definition) is 2. The second-order valence-corrected chi connectivity index (χ2v) is 4.91. The van der Waals surface area contributed by atoms with Crippen molar-refractivity contribution in [2.75, 3.05) is 19.8 Å². The molecule has 1 fully saturated rings. The lowest BCUT2D eigenvalue weighted by Gasteiger charge is -2.34. The Bertz CT molecular complexity index is 445. The van der Waals surface area contributed by atoms with Gasteiger partial charge in [0.15, 0.2) is 0 Å². The maximum absolute atomic E-state index is 13.0. The van der Waals surface area contributed by atoms with Gasteiger partial charge in [-0.1, -0.05) is 12.1 Å². The molecule has 1 saturated heterocycles. The van der Waals surface area contributed by atoms with Crippen LogP contribution >= 0.6 is 0 Å². The zero-order valence-corrected chi connectivity index (χ0v) is 10.8. The van der Waals surface area contributed by atoms with Crippen LogP contribution in [0, 0.1) is 11.2 Å². The Morgan fingerprint density at radius 1 is 1.42 bits per heavy atom. The fourth-order valence-electron chi connectivity index (χ4n) is 2.30. The number of hydrogen-bond acceptors (Lipinski definition) is 3. The average molecular weight is 266 g/mol. The van der Waals surface area contributed by atoms with Gasteiger partial charge in [0.1, 0.15) is 5.82 Å². The number of carbonyl (C=O) groups excluding carboxylic acids is 1. The maximum atomic E-state index is 13.0. The van der Waals surface area contributed by atoms with E-state index in [9.17, 15) is 9.18 Å². The molecule has 0 unspecified atom stereocenters. The number of rotatable bonds is 4. The van der Waals surface area contributed by atoms with E-state index in [-0.39, 0.29) is 11.7 Å². The molecule has 0 spiro atoms. The van der Waals surface area contributed by atoms with Crippen LogP contribution in [0.1, 0.15) is 18.4 Å². The highest BCUT2D eigenvalue weighted by Crippen LogP contribution is 2.29. The Kier molecular flexibility index (Phi) is 4.50. The van der Waals surface area contributed by atoms with Gasteiger partial charge in [-0.25, -0.2) is 4.39 Å². The van der Waals surface area contributed by atoms with Crippen molar-refractivity contribution in [2.45, 2.75) is 19.4 Å². The van der Waals surface area contributed by atoms with E-state index >= 15 is 0 Å². The molecular weight excluding hydrogens is 247 g/mol. The van der Waals surface area contributed by atoms with Crippen LogP contribution in [0.4, 0.5) is 4.39 Å². The number of halogens is 1. The molecule has 1 aromatic rings. The summed E-state index contributed by atoms with van der Waals surface area (Å²) in [4.78, 5) is 12.3. The van der Waals surface area contributed by atoms with Crippen molar-refractivity contribution in [3.63, 3.8) is 0 Å². The average Bonchev–Trinajstić information content (AvgIpc) is 2.45. The van der Waals surface area contributed by atoms with Crippen molar-refractivity contribution in [3.8, 4) is 0 Å². The lowest BCUT2D eigenvalue weighted by Crippen LogP contribution is -2.48. The number of carbonyl (C=O) groups is 1. The van der Waals surface area contributed by atoms with Crippen LogP contribution in [0.15, 0.2) is 24.3 Å². The first-order valence-corrected chi connectivity index (χ1v) is 6.47. The lowest BCUT2D eigenvalue weighted by molar-refractivity contribution is -0.136. The molecule has 104 valence electrons. The summed E-state index contributed by atoms with van der Waals surface area (Å²) >= 11 is 0. The minimum absolute atomic E-state index is 0.0671. The third kappa shape index (κ3) is 3.30. The first kappa shape index (κ1) is 14.0. The molecular formula is C14H19FN2O2. The van der Waals surface area contributed by atoms with Crippen LogP contribution < -0.4 is 11.1 Å². The van der Waals surface area contributed by atoms with Crippen LogP contribution in [0.3, 0.4) is 0 Å². The van der Waals surface area contributed by atoms with Crippen LogP contribution in [0.5, 0.6) is 0 Å². The lowest BCUT2D eigenvalue weighted by atomic mass is 9.79. The second kappa shape index (κ2) is 6.12. The Balaban J connectivity index is 1.96. The highest BCUT2D eigenvalue weighted by atomic mass is 19.1. The number of benzene rings is 1. The van der Waals surface area contributed by atoms with Gasteiger partial charge < -0.3 is 15.8 Å². The molecule has 19 heavy (non-hydrogen) atoms. The maximum Gasteiger partial charge on any atom is 0.227 e. The molecule has 4 nitrogen and oxygen atoms in total. The quantitative estimate of drug-likeness (QED) is 0.860. The van der Waals surface area contributed by atoms with Crippen LogP contribution in [0.25, 0.3) is 0 Å². The SMILES string of the molecule is NCC1(C(=O)NCc2cccc(F)c2)CCOCC1. The third-order valence-corrected chi connectivity index (χ3v) is 3.66. The minimum Gasteiger partial charge on any atom is -0.381 e. The summed E-state index contributed by atoms with van der Waals surface area (Å²) in [7, 11) is 0. The van der Waals surface area contributed by atoms with Crippen molar-refractivity contribution >= 4 is 5.91 Å². The van der Waals surface area contributed by atoms with Gasteiger partial charge in [0.25, 0.3) is 0 Å². The molecule has 1 aromatic carbocycles. The van der Waals surface area contributed by atoms with Gasteiger partial charge in [-0.3, -0.25) is 4.79 Å². The van der Waals surface area contributed by atoms with Crippen molar-refractivity contribution in [2.24, 2.45) is 11.1 Å². The molecule has 5 heteroatoms. The van der Waals surface area contributed by atoms with Crippen molar-refractivity contribution < 1.29 is 13.9 Å². The Hall–Kier alpha value is -1.46. The highest BCUT2D eigenvalue weighted by molar-refractivity contribution is 5.83. The molecule has 0 radical (unpaired) electrons. The zero-order chi connectivity index (χ0) is 13.7. The largest absolute Gasteiger partial charge is 0.381 e. The molecule has 0 saturated carbocycles. The summed E-state index contributed by atoms with van der Waals surface area (Å²) in [5.74, 6) is -0.367. The molecule has 3 N–H and O–H groups in total. The number of nitrogens with one attached hydrogen (secondary N) is 1. The van der Waals surface area contributed by atoms with E-state index in [4.69, 9.17) is 10.5 Å². The minimum atomic E-state index is -0.536. The molecule has 2 rings (SSSR count). The Morgan fingerprint density at radius 3 is 2.79 bits per heavy atom. The van der Waals surface area contributed by atoms with Gasteiger partial charge in [0, 0.05) is 26.3 Å². The summed E-state index contributed by atoms with van der Waals surface area (Å²) in [6.07, 6.45) is 1.27. The molecule has 1 aliphatic heterocycles. The predicted molar refractivity (Wildman–Crippen MR) is 69.8 cm³/mol. The van der Waals surface area contributed by atoms with Crippen LogP contribution in [-0.4, -0.2) is 25.7 Å². The van der Waals surface area contributed by atoms with Gasteiger partial charge in [0.05, 0.1) is 5.41 Å². The van der Waals surface area contributed by atoms with E-state index in [0.29, 0.717) is 39.1 Å². The predicted octanol–water partition coefficient (Wildman–Crippen LogP) is 1.20. The fraction of sp³-hybridized carbons (Fsp3) is 0.500. The molecule has 0 aliphatic carbocycles. The first-order chi connectivity index (χ1) is 9.16. The number of amides is 1. The fourth-order valence-corrected chi connectivity index (χ4v) is 2.30. The van der Waals surface area contributed by atoms with E-state index in [1.165, 1.54) is 12.1 Å². The second-order valence-electron chi connectivity index (χ2n) is 4.91. The third-order valence-electron chi connectivity index (χ3n) is 3.66. The van der Waals surface area contributed by atoms with Gasteiger partial charge in [-0.2, -0.15) is 0 Å². The highest BCUT2D eigenvalue weighted by Gasteiger charge is 2.38. The summed E-state index contributed by atoms with van der Waals surface area (Å²) < 4.78 is 18.3. The van der Waals surface area contributed by atoms with Gasteiger partial charge in [0.2, 0.25) is 5.91 Å². The molecule has 1 amide bonds. The molecule has 0 atom stereocenters. The van der Waals surface area contributed by atoms with Crippen molar-refractivity contribution in [3.05, 3.63) is 35.6 Å². The first-order valence-electron chi connectivity index (χ1n) is 6.47. The van der Waals surface area contributed by atoms with E-state index in [1.54, 1.807) is 12.1 Å². The van der Waals surface area contributed by atoms with E-state index in [2.05, 4.69) is 5.32 Å². The normalized spacial score (nSPS) is 18.0. The van der Waals surface area contributed by atoms with Gasteiger partial charge in [-0.15, -0.1) is 0 Å². The van der Waals surface area contributed by atoms with Crippen molar-refractivity contribution in [1.82, 2.24) is 5.32 Å². The summed E-state index contributed by atoms with van der Waals surface area (Å²) in [6.45, 7) is 1.75. The number of nitrogens with two attached hydrogens (primary N) is 1. The standard InChI is InChI=1S/C14H19FN2O2/c15-12-3-1-2-11(8-12)9-17-13(18)14(10-16)4-6-19-7-5-14/h1-3,8H,4-7,9-10,16H2,(H,17,18). The zero-order valence-electron chi connectivity index (χ0n) is 10.8. The molecule has 1 aliphatic rings. The topological polar surface area (TPSA) is 64.4 Å². The van der Waals surface area contributed by atoms with Crippen LogP contribution in [-0.2, 0) is 16.1 Å². The van der Waals surface area contributed by atoms with E-state index < -0.39 is 5.41 Å². The van der Waals surface area contributed by atoms with Gasteiger partial charge >= 0.3 is 0 Å². The van der Waals surface area contributed by atoms with Crippen LogP contribution in [0.2, 0.25) is 0 Å². The summed E-state index contributed by atoms with van der Waals surface area (Å²) in [5.41, 5.74) is 5.96. The molecule has 0 bridgehead atoms. The summed E-state index contributed by atoms with van der Waals surface area (Å²) in [5, 5.41) is 2.85. The molecule has 1 heterocycles. The molecule has 0 aromatic heterocycles. The Labute approximate surface area is 112 Å². The Morgan fingerprint density at radius 2 is 2.16 bits per heavy atom. The van der Waals surface area contributed by atoms with E-state index in [0.717, 1.165) is 5.56 Å². The van der Waals surface area contributed by atoms with Gasteiger partial charge in [-0.05, 0) is 30.5 Å². The van der Waals surface area contributed by atoms with E-state index in [1.807, 2.05) is 0 Å². The number of ether oxygens (including phenoxy) is 1.